The average Bonchev–Trinajstić information content (AvgIpc) is 3.19. The Morgan fingerprint density at radius 3 is 2.68 bits per heavy atom. The highest BCUT2D eigenvalue weighted by atomic mass is 16.4. The van der Waals surface area contributed by atoms with E-state index in [0.717, 1.165) is 12.1 Å². The number of nitrogens with zero attached hydrogens (tertiary/aromatic N) is 4. The number of benzene rings is 1. The molecule has 0 radical (unpaired) electrons. The van der Waals surface area contributed by atoms with Crippen LogP contribution >= 0.6 is 0 Å². The zero-order valence-electron chi connectivity index (χ0n) is 12.7. The highest BCUT2D eigenvalue weighted by molar-refractivity contribution is 5.51. The molecule has 0 aliphatic rings. The molecular formula is C16H19N5O. The smallest absolute Gasteiger partial charge is 0.247 e. The summed E-state index contributed by atoms with van der Waals surface area (Å²) in [7, 11) is 0. The molecule has 22 heavy (non-hydrogen) atoms. The van der Waals surface area contributed by atoms with Crippen molar-refractivity contribution in [1.82, 2.24) is 25.3 Å². The summed E-state index contributed by atoms with van der Waals surface area (Å²) in [5, 5.41) is 15.9. The van der Waals surface area contributed by atoms with Crippen molar-refractivity contribution in [2.45, 2.75) is 32.5 Å². The summed E-state index contributed by atoms with van der Waals surface area (Å²) in [5.41, 5.74) is 0.929. The molecule has 0 saturated carbocycles. The molecule has 2 heterocycles. The van der Waals surface area contributed by atoms with E-state index in [4.69, 9.17) is 4.42 Å². The van der Waals surface area contributed by atoms with Gasteiger partial charge in [-0.1, -0.05) is 18.2 Å². The molecule has 2 atom stereocenters. The second kappa shape index (κ2) is 6.53. The van der Waals surface area contributed by atoms with E-state index >= 15 is 0 Å². The van der Waals surface area contributed by atoms with Gasteiger partial charge in [0.1, 0.15) is 0 Å². The van der Waals surface area contributed by atoms with Crippen molar-refractivity contribution in [2.24, 2.45) is 0 Å². The van der Waals surface area contributed by atoms with E-state index in [0.29, 0.717) is 11.8 Å². The predicted molar refractivity (Wildman–Crippen MR) is 83.0 cm³/mol. The lowest BCUT2D eigenvalue weighted by atomic mass is 10.2. The summed E-state index contributed by atoms with van der Waals surface area (Å²) in [5.74, 6) is 1.13. The molecule has 3 aromatic rings. The summed E-state index contributed by atoms with van der Waals surface area (Å²) in [4.78, 5) is 0. The Hall–Kier alpha value is -2.47. The van der Waals surface area contributed by atoms with Crippen LogP contribution in [0.1, 0.15) is 25.8 Å². The van der Waals surface area contributed by atoms with Gasteiger partial charge in [0.15, 0.2) is 0 Å². The third-order valence-corrected chi connectivity index (χ3v) is 3.39. The predicted octanol–water partition coefficient (Wildman–Crippen LogP) is 2.67. The molecule has 0 spiro atoms. The summed E-state index contributed by atoms with van der Waals surface area (Å²) >= 11 is 0. The maximum Gasteiger partial charge on any atom is 0.247 e. The first-order valence-corrected chi connectivity index (χ1v) is 7.34. The largest absolute Gasteiger partial charge is 0.419 e. The van der Waals surface area contributed by atoms with Crippen molar-refractivity contribution < 1.29 is 4.42 Å². The second-order valence-corrected chi connectivity index (χ2v) is 5.33. The van der Waals surface area contributed by atoms with Gasteiger partial charge >= 0.3 is 0 Å². The lowest BCUT2D eigenvalue weighted by molar-refractivity contribution is 0.362. The minimum absolute atomic E-state index is 0.0180. The Kier molecular flexibility index (Phi) is 4.29. The number of rotatable bonds is 6. The third kappa shape index (κ3) is 3.40. The average molecular weight is 297 g/mol. The van der Waals surface area contributed by atoms with Crippen LogP contribution in [-0.2, 0) is 6.54 Å². The Balaban J connectivity index is 1.63. The Labute approximate surface area is 129 Å². The van der Waals surface area contributed by atoms with Crippen LogP contribution in [0.5, 0.6) is 0 Å². The van der Waals surface area contributed by atoms with Gasteiger partial charge in [0.2, 0.25) is 11.8 Å². The van der Waals surface area contributed by atoms with Gasteiger partial charge in [-0.15, -0.1) is 10.2 Å². The molecule has 0 saturated heterocycles. The highest BCUT2D eigenvalue weighted by Gasteiger charge is 2.17. The highest BCUT2D eigenvalue weighted by Crippen LogP contribution is 2.20. The quantitative estimate of drug-likeness (QED) is 0.757. The van der Waals surface area contributed by atoms with E-state index in [1.165, 1.54) is 0 Å². The topological polar surface area (TPSA) is 68.8 Å². The maximum atomic E-state index is 5.76. The van der Waals surface area contributed by atoms with Gasteiger partial charge in [0.05, 0.1) is 12.6 Å². The van der Waals surface area contributed by atoms with Gasteiger partial charge < -0.3 is 9.73 Å². The minimum Gasteiger partial charge on any atom is -0.419 e. The molecule has 0 amide bonds. The van der Waals surface area contributed by atoms with Crippen molar-refractivity contribution in [3.05, 3.63) is 54.7 Å². The van der Waals surface area contributed by atoms with Crippen molar-refractivity contribution in [1.29, 1.82) is 0 Å². The summed E-state index contributed by atoms with van der Waals surface area (Å²) in [6.07, 6.45) is 3.73. The molecule has 0 aliphatic carbocycles. The molecule has 0 aliphatic heterocycles. The van der Waals surface area contributed by atoms with Crippen molar-refractivity contribution in [3.8, 4) is 11.5 Å². The van der Waals surface area contributed by atoms with Crippen LogP contribution in [-0.4, -0.2) is 26.0 Å². The van der Waals surface area contributed by atoms with Crippen LogP contribution in [0.3, 0.4) is 0 Å². The second-order valence-electron chi connectivity index (χ2n) is 5.33. The SMILES string of the molecule is CC(Cn1cccn1)NC(C)c1nnc(-c2ccccc2)o1. The fourth-order valence-electron chi connectivity index (χ4n) is 2.35. The van der Waals surface area contributed by atoms with Gasteiger partial charge in [0.25, 0.3) is 0 Å². The molecule has 2 aromatic heterocycles. The summed E-state index contributed by atoms with van der Waals surface area (Å²) < 4.78 is 7.66. The van der Waals surface area contributed by atoms with Crippen molar-refractivity contribution in [2.75, 3.05) is 0 Å². The lowest BCUT2D eigenvalue weighted by Crippen LogP contribution is -2.33. The Morgan fingerprint density at radius 2 is 1.95 bits per heavy atom. The van der Waals surface area contributed by atoms with Gasteiger partial charge in [-0.3, -0.25) is 4.68 Å². The van der Waals surface area contributed by atoms with E-state index < -0.39 is 0 Å². The molecule has 0 bridgehead atoms. The molecule has 3 rings (SSSR count). The van der Waals surface area contributed by atoms with E-state index in [1.807, 2.05) is 54.2 Å². The van der Waals surface area contributed by atoms with Crippen LogP contribution in [0, 0.1) is 0 Å². The molecule has 0 fully saturated rings. The van der Waals surface area contributed by atoms with E-state index in [9.17, 15) is 0 Å². The van der Waals surface area contributed by atoms with E-state index in [-0.39, 0.29) is 12.1 Å². The monoisotopic (exact) mass is 297 g/mol. The standard InChI is InChI=1S/C16H19N5O/c1-12(11-21-10-6-9-17-21)18-13(2)15-19-20-16(22-15)14-7-4-3-5-8-14/h3-10,12-13,18H,11H2,1-2H3. The van der Waals surface area contributed by atoms with Gasteiger partial charge in [-0.25, -0.2) is 0 Å². The van der Waals surface area contributed by atoms with Crippen LogP contribution < -0.4 is 5.32 Å². The zero-order valence-corrected chi connectivity index (χ0v) is 12.7. The minimum atomic E-state index is -0.0180. The first kappa shape index (κ1) is 14.5. The summed E-state index contributed by atoms with van der Waals surface area (Å²) in [6, 6.07) is 11.9. The molecule has 1 N–H and O–H groups in total. The molecular weight excluding hydrogens is 278 g/mol. The Bertz CT molecular complexity index is 692. The van der Waals surface area contributed by atoms with Crippen molar-refractivity contribution >= 4 is 0 Å². The third-order valence-electron chi connectivity index (χ3n) is 3.39. The molecule has 114 valence electrons. The normalized spacial score (nSPS) is 13.9. The number of hydrogen-bond acceptors (Lipinski definition) is 5. The summed E-state index contributed by atoms with van der Waals surface area (Å²) in [6.45, 7) is 4.91. The van der Waals surface area contributed by atoms with E-state index in [2.05, 4.69) is 27.5 Å². The first-order chi connectivity index (χ1) is 10.7. The molecule has 2 unspecified atom stereocenters. The fraction of sp³-hybridized carbons (Fsp3) is 0.312. The van der Waals surface area contributed by atoms with Gasteiger partial charge in [-0.2, -0.15) is 5.10 Å². The number of aromatic nitrogens is 4. The maximum absolute atomic E-state index is 5.76. The van der Waals surface area contributed by atoms with Crippen LogP contribution in [0.4, 0.5) is 0 Å². The van der Waals surface area contributed by atoms with Gasteiger partial charge in [-0.05, 0) is 32.0 Å². The lowest BCUT2D eigenvalue weighted by Gasteiger charge is -2.17. The van der Waals surface area contributed by atoms with Crippen LogP contribution in [0.15, 0.2) is 53.2 Å². The Morgan fingerprint density at radius 1 is 1.14 bits per heavy atom. The first-order valence-electron chi connectivity index (χ1n) is 7.34. The fourth-order valence-corrected chi connectivity index (χ4v) is 2.35. The van der Waals surface area contributed by atoms with Crippen molar-refractivity contribution in [3.63, 3.8) is 0 Å². The van der Waals surface area contributed by atoms with Crippen LogP contribution in [0.2, 0.25) is 0 Å². The zero-order chi connectivity index (χ0) is 15.4. The molecule has 6 nitrogen and oxygen atoms in total. The molecule has 6 heteroatoms. The number of nitrogens with one attached hydrogen (secondary N) is 1. The van der Waals surface area contributed by atoms with Crippen LogP contribution in [0.25, 0.3) is 11.5 Å². The van der Waals surface area contributed by atoms with Gasteiger partial charge in [0, 0.05) is 24.0 Å². The molecule has 1 aromatic carbocycles. The number of hydrogen-bond donors (Lipinski definition) is 1. The van der Waals surface area contributed by atoms with E-state index in [1.54, 1.807) is 6.20 Å².